The highest BCUT2D eigenvalue weighted by Gasteiger charge is 2.51. The number of anilines is 1. The molecule has 0 bridgehead atoms. The average molecular weight is 510 g/mol. The number of imide groups is 1. The van der Waals surface area contributed by atoms with Crippen LogP contribution in [0.5, 0.6) is 5.75 Å². The predicted molar refractivity (Wildman–Crippen MR) is 131 cm³/mol. The highest BCUT2D eigenvalue weighted by atomic mass is 35.5. The van der Waals surface area contributed by atoms with Gasteiger partial charge in [0.05, 0.1) is 18.9 Å². The van der Waals surface area contributed by atoms with Crippen LogP contribution >= 0.6 is 11.6 Å². The van der Waals surface area contributed by atoms with Crippen LogP contribution in [0.4, 0.5) is 20.6 Å². The fourth-order valence-corrected chi connectivity index (χ4v) is 4.21. The van der Waals surface area contributed by atoms with E-state index in [2.05, 4.69) is 4.85 Å². The number of amides is 3. The number of hydrogen-bond acceptors (Lipinski definition) is 4. The molecule has 1 fully saturated rings. The van der Waals surface area contributed by atoms with Gasteiger partial charge in [0.25, 0.3) is 5.91 Å². The van der Waals surface area contributed by atoms with Crippen LogP contribution in [0.3, 0.4) is 0 Å². The molecule has 1 saturated heterocycles. The molecule has 0 aliphatic carbocycles. The lowest BCUT2D eigenvalue weighted by molar-refractivity contribution is -0.904. The van der Waals surface area contributed by atoms with E-state index in [1.54, 1.807) is 38.1 Å². The van der Waals surface area contributed by atoms with Crippen LogP contribution < -0.4 is 14.4 Å². The first-order valence-corrected chi connectivity index (χ1v) is 11.5. The Morgan fingerprint density at radius 2 is 1.86 bits per heavy atom. The van der Waals surface area contributed by atoms with Gasteiger partial charge in [-0.05, 0) is 50.1 Å². The Morgan fingerprint density at radius 3 is 2.50 bits per heavy atom. The first kappa shape index (κ1) is 24.9. The van der Waals surface area contributed by atoms with E-state index in [0.717, 1.165) is 9.63 Å². The topological polar surface area (TPSA) is 78.3 Å². The van der Waals surface area contributed by atoms with E-state index in [4.69, 9.17) is 22.9 Å². The fraction of sp³-hybridized carbons (Fsp3) is 0.231. The van der Waals surface area contributed by atoms with Crippen LogP contribution in [0.2, 0.25) is 5.02 Å². The van der Waals surface area contributed by atoms with Gasteiger partial charge in [-0.1, -0.05) is 17.7 Å². The Balaban J connectivity index is 1.39. The van der Waals surface area contributed by atoms with Crippen molar-refractivity contribution in [2.75, 3.05) is 18.1 Å². The average Bonchev–Trinajstić information content (AvgIpc) is 3.01. The number of ether oxygens (including phenoxy) is 1. The maximum Gasteiger partial charge on any atom is 0.332 e. The summed E-state index contributed by atoms with van der Waals surface area (Å²) in [5.41, 5.74) is 0.434. The molecule has 2 heterocycles. The number of nitrogens with zero attached hydrogens (tertiary/aromatic N) is 4. The molecular formula is C26H23ClFN4O4+. The molecule has 0 radical (unpaired) electrons. The minimum atomic E-state index is -1.09. The van der Waals surface area contributed by atoms with Crippen molar-refractivity contribution in [2.24, 2.45) is 0 Å². The third-order valence-electron chi connectivity index (χ3n) is 5.99. The number of urea groups is 1. The Bertz CT molecular complexity index is 1370. The number of benzene rings is 2. The van der Waals surface area contributed by atoms with Crippen molar-refractivity contribution in [1.82, 2.24) is 4.90 Å². The Morgan fingerprint density at radius 1 is 1.14 bits per heavy atom. The van der Waals surface area contributed by atoms with Crippen molar-refractivity contribution in [2.45, 2.75) is 25.8 Å². The molecule has 0 spiro atoms. The first-order valence-electron chi connectivity index (χ1n) is 11.1. The molecule has 0 unspecified atom stereocenters. The van der Waals surface area contributed by atoms with E-state index in [0.29, 0.717) is 29.0 Å². The fourth-order valence-electron chi connectivity index (χ4n) is 3.99. The van der Waals surface area contributed by atoms with Gasteiger partial charge in [0.15, 0.2) is 0 Å². The van der Waals surface area contributed by atoms with Gasteiger partial charge in [-0.2, -0.15) is 0 Å². The van der Waals surface area contributed by atoms with E-state index in [-0.39, 0.29) is 23.9 Å². The van der Waals surface area contributed by atoms with Gasteiger partial charge in [-0.25, -0.2) is 18.9 Å². The van der Waals surface area contributed by atoms with E-state index in [9.17, 15) is 19.2 Å². The molecule has 2 aromatic carbocycles. The van der Waals surface area contributed by atoms with Gasteiger partial charge in [-0.3, -0.25) is 10.0 Å². The van der Waals surface area contributed by atoms with Crippen molar-refractivity contribution in [3.63, 3.8) is 0 Å². The SMILES string of the molecule is [C-]#[N+]c1ccc(N2C(=O)N(CCCOc3ccc(-c4cc[n+](O)cc4)c(F)c3)C(C)(C)C2=O)cc1Cl. The highest BCUT2D eigenvalue weighted by Crippen LogP contribution is 2.36. The predicted octanol–water partition coefficient (Wildman–Crippen LogP) is 5.24. The largest absolute Gasteiger partial charge is 0.493 e. The van der Waals surface area contributed by atoms with Crippen LogP contribution in [-0.2, 0) is 4.79 Å². The quantitative estimate of drug-likeness (QED) is 0.155. The number of carbonyl (C=O) groups is 2. The summed E-state index contributed by atoms with van der Waals surface area (Å²) in [5, 5.41) is 9.49. The van der Waals surface area contributed by atoms with Gasteiger partial charge >= 0.3 is 6.03 Å². The summed E-state index contributed by atoms with van der Waals surface area (Å²) in [6.07, 6.45) is 3.22. The summed E-state index contributed by atoms with van der Waals surface area (Å²) >= 11 is 6.10. The molecule has 1 aromatic heterocycles. The normalized spacial score (nSPS) is 14.8. The monoisotopic (exact) mass is 509 g/mol. The first-order chi connectivity index (χ1) is 17.1. The number of pyridine rings is 1. The maximum absolute atomic E-state index is 14.6. The van der Waals surface area contributed by atoms with Crippen LogP contribution in [0, 0.1) is 12.4 Å². The van der Waals surface area contributed by atoms with Crippen LogP contribution in [0.25, 0.3) is 16.0 Å². The summed E-state index contributed by atoms with van der Waals surface area (Å²) in [6, 6.07) is 11.6. The van der Waals surface area contributed by atoms with Crippen molar-refractivity contribution in [1.29, 1.82) is 0 Å². The standard InChI is InChI=1S/C26H23ClFN4O4/c1-26(2)24(33)32(18-5-8-23(29-3)21(27)15-18)25(34)31(26)11-4-14-36-19-6-7-20(22(28)16-19)17-9-12-30(35)13-10-17/h5-10,12-13,15-16,35H,4,11,14H2,1-2H3/q+1. The van der Waals surface area contributed by atoms with Gasteiger partial charge in [-0.15, -0.1) is 0 Å². The van der Waals surface area contributed by atoms with Crippen molar-refractivity contribution < 1.29 is 28.7 Å². The Hall–Kier alpha value is -4.16. The molecular weight excluding hydrogens is 487 g/mol. The third kappa shape index (κ3) is 4.68. The van der Waals surface area contributed by atoms with Crippen molar-refractivity contribution >= 4 is 34.9 Å². The molecule has 1 aliphatic heterocycles. The minimum absolute atomic E-state index is 0.162. The van der Waals surface area contributed by atoms with Crippen LogP contribution in [0.15, 0.2) is 60.9 Å². The van der Waals surface area contributed by atoms with E-state index in [1.165, 1.54) is 41.6 Å². The molecule has 1 aliphatic rings. The zero-order valence-electron chi connectivity index (χ0n) is 19.6. The summed E-state index contributed by atoms with van der Waals surface area (Å²) in [4.78, 5) is 32.0. The second kappa shape index (κ2) is 9.84. The van der Waals surface area contributed by atoms with E-state index in [1.807, 2.05) is 0 Å². The molecule has 184 valence electrons. The second-order valence-corrected chi connectivity index (χ2v) is 9.10. The molecule has 10 heteroatoms. The Labute approximate surface area is 212 Å². The van der Waals surface area contributed by atoms with Gasteiger partial charge in [0.2, 0.25) is 18.1 Å². The van der Waals surface area contributed by atoms with Crippen molar-refractivity contribution in [3.8, 4) is 16.9 Å². The molecule has 3 aromatic rings. The number of rotatable bonds is 7. The van der Waals surface area contributed by atoms with Gasteiger partial charge < -0.3 is 9.64 Å². The zero-order valence-corrected chi connectivity index (χ0v) is 20.4. The molecule has 8 nitrogen and oxygen atoms in total. The molecule has 3 amide bonds. The Kier molecular flexibility index (Phi) is 6.82. The molecule has 4 rings (SSSR count). The van der Waals surface area contributed by atoms with Gasteiger partial charge in [0.1, 0.15) is 17.1 Å². The molecule has 0 saturated carbocycles. The molecule has 36 heavy (non-hydrogen) atoms. The highest BCUT2D eigenvalue weighted by molar-refractivity contribution is 6.34. The lowest BCUT2D eigenvalue weighted by atomic mass is 10.0. The van der Waals surface area contributed by atoms with E-state index < -0.39 is 23.3 Å². The van der Waals surface area contributed by atoms with Crippen LogP contribution in [-0.4, -0.2) is 40.7 Å². The second-order valence-electron chi connectivity index (χ2n) is 8.69. The smallest absolute Gasteiger partial charge is 0.332 e. The maximum atomic E-state index is 14.6. The molecule has 0 atom stereocenters. The summed E-state index contributed by atoms with van der Waals surface area (Å²) in [5.74, 6) is -0.530. The summed E-state index contributed by atoms with van der Waals surface area (Å²) in [6.45, 7) is 10.9. The minimum Gasteiger partial charge on any atom is -0.493 e. The number of aromatic nitrogens is 1. The third-order valence-corrected chi connectivity index (χ3v) is 6.30. The zero-order chi connectivity index (χ0) is 26.0. The molecule has 1 N–H and O–H groups in total. The number of hydrogen-bond donors (Lipinski definition) is 1. The number of halogens is 2. The van der Waals surface area contributed by atoms with Crippen molar-refractivity contribution in [3.05, 3.63) is 83.2 Å². The van der Waals surface area contributed by atoms with Gasteiger partial charge in [0, 0.05) is 40.1 Å². The van der Waals surface area contributed by atoms with E-state index >= 15 is 0 Å². The summed E-state index contributed by atoms with van der Waals surface area (Å²) < 4.78 is 21.1. The van der Waals surface area contributed by atoms with Crippen LogP contribution in [0.1, 0.15) is 20.3 Å². The number of carbonyl (C=O) groups excluding carboxylic acids is 2. The lowest BCUT2D eigenvalue weighted by Gasteiger charge is -2.27. The lowest BCUT2D eigenvalue weighted by Crippen LogP contribution is -2.44. The summed E-state index contributed by atoms with van der Waals surface area (Å²) in [7, 11) is 0.